The molecule has 0 atom stereocenters. The molecule has 5 nitrogen and oxygen atoms in total. The summed E-state index contributed by atoms with van der Waals surface area (Å²) in [6, 6.07) is 4.96. The number of methoxy groups -OCH3 is 1. The van der Waals surface area contributed by atoms with Crippen LogP contribution >= 0.6 is 0 Å². The average Bonchev–Trinajstić information content (AvgIpc) is 2.44. The van der Waals surface area contributed by atoms with Crippen LogP contribution in [0, 0.1) is 18.8 Å². The molecule has 0 amide bonds. The Morgan fingerprint density at radius 2 is 2.10 bits per heavy atom. The summed E-state index contributed by atoms with van der Waals surface area (Å²) >= 11 is 0. The lowest BCUT2D eigenvalue weighted by Crippen LogP contribution is -2.25. The van der Waals surface area contributed by atoms with Gasteiger partial charge in [-0.05, 0) is 37.5 Å². The van der Waals surface area contributed by atoms with Crippen molar-refractivity contribution in [2.45, 2.75) is 24.7 Å². The minimum atomic E-state index is -3.60. The third kappa shape index (κ3) is 5.86. The van der Waals surface area contributed by atoms with Gasteiger partial charge in [-0.25, -0.2) is 13.1 Å². The summed E-state index contributed by atoms with van der Waals surface area (Å²) in [6.07, 6.45) is 1.50. The molecule has 0 aliphatic carbocycles. The second-order valence-corrected chi connectivity index (χ2v) is 6.29. The fourth-order valence-corrected chi connectivity index (χ4v) is 2.98. The largest absolute Gasteiger partial charge is 0.385 e. The fraction of sp³-hybridized carbons (Fsp3) is 0.467. The summed E-state index contributed by atoms with van der Waals surface area (Å²) in [6.45, 7) is 2.52. The normalized spacial score (nSPS) is 11.0. The number of benzene rings is 1. The quantitative estimate of drug-likeness (QED) is 0.583. The van der Waals surface area contributed by atoms with Crippen LogP contribution in [-0.4, -0.2) is 40.4 Å². The summed E-state index contributed by atoms with van der Waals surface area (Å²) in [5.74, 6) is 5.17. The Morgan fingerprint density at radius 3 is 2.76 bits per heavy atom. The minimum absolute atomic E-state index is 0.140. The molecular formula is C15H21NO4S. The molecule has 0 aromatic heterocycles. The van der Waals surface area contributed by atoms with E-state index in [4.69, 9.17) is 9.84 Å². The van der Waals surface area contributed by atoms with Crippen LogP contribution < -0.4 is 4.72 Å². The molecule has 21 heavy (non-hydrogen) atoms. The average molecular weight is 311 g/mol. The SMILES string of the molecule is COCCCCNS(=O)(=O)c1ccc(C)cc1C#CCO. The van der Waals surface area contributed by atoms with Crippen molar-refractivity contribution in [1.82, 2.24) is 4.72 Å². The van der Waals surface area contributed by atoms with E-state index in [1.54, 1.807) is 19.2 Å². The second-order valence-electron chi connectivity index (χ2n) is 4.56. The Hall–Kier alpha value is -1.39. The van der Waals surface area contributed by atoms with E-state index in [1.807, 2.05) is 6.92 Å². The summed E-state index contributed by atoms with van der Waals surface area (Å²) in [4.78, 5) is 0.140. The Bertz CT molecular complexity index is 614. The molecule has 0 bridgehead atoms. The lowest BCUT2D eigenvalue weighted by Gasteiger charge is -2.09. The number of hydrogen-bond acceptors (Lipinski definition) is 4. The van der Waals surface area contributed by atoms with Gasteiger partial charge in [0.25, 0.3) is 0 Å². The van der Waals surface area contributed by atoms with E-state index >= 15 is 0 Å². The number of aliphatic hydroxyl groups excluding tert-OH is 1. The lowest BCUT2D eigenvalue weighted by molar-refractivity contribution is 0.193. The van der Waals surface area contributed by atoms with Gasteiger partial charge in [0.15, 0.2) is 0 Å². The zero-order chi connectivity index (χ0) is 15.7. The van der Waals surface area contributed by atoms with Gasteiger partial charge in [0, 0.05) is 25.8 Å². The van der Waals surface area contributed by atoms with Crippen molar-refractivity contribution in [3.63, 3.8) is 0 Å². The standard InChI is InChI=1S/C15H21NO4S/c1-13-7-8-15(14(12-13)6-5-10-17)21(18,19)16-9-3-4-11-20-2/h7-8,12,16-17H,3-4,9-11H2,1-2H3. The van der Waals surface area contributed by atoms with Gasteiger partial charge in [0.05, 0.1) is 4.90 Å². The van der Waals surface area contributed by atoms with Crippen LogP contribution in [-0.2, 0) is 14.8 Å². The Labute approximate surface area is 126 Å². The molecule has 0 fully saturated rings. The van der Waals surface area contributed by atoms with Crippen LogP contribution in [0.2, 0.25) is 0 Å². The molecule has 1 aromatic carbocycles. The van der Waals surface area contributed by atoms with Crippen molar-refractivity contribution in [2.24, 2.45) is 0 Å². The third-order valence-electron chi connectivity index (χ3n) is 2.79. The van der Waals surface area contributed by atoms with Crippen LogP contribution in [0.15, 0.2) is 23.1 Å². The topological polar surface area (TPSA) is 75.6 Å². The van der Waals surface area contributed by atoms with E-state index in [2.05, 4.69) is 16.6 Å². The Balaban J connectivity index is 2.87. The molecule has 0 heterocycles. The van der Waals surface area contributed by atoms with Gasteiger partial charge < -0.3 is 9.84 Å². The zero-order valence-electron chi connectivity index (χ0n) is 12.3. The van der Waals surface area contributed by atoms with Crippen molar-refractivity contribution >= 4 is 10.0 Å². The fourth-order valence-electron chi connectivity index (χ4n) is 1.77. The molecule has 0 unspecified atom stereocenters. The second kappa shape index (κ2) is 8.80. The van der Waals surface area contributed by atoms with Gasteiger partial charge in [-0.2, -0.15) is 0 Å². The molecule has 0 saturated carbocycles. The van der Waals surface area contributed by atoms with E-state index in [0.29, 0.717) is 25.1 Å². The summed E-state index contributed by atoms with van der Waals surface area (Å²) in [7, 11) is -1.99. The minimum Gasteiger partial charge on any atom is -0.385 e. The predicted octanol–water partition coefficient (Wildman–Crippen LogP) is 1.04. The first-order valence-electron chi connectivity index (χ1n) is 6.70. The molecule has 0 spiro atoms. The number of hydrogen-bond donors (Lipinski definition) is 2. The van der Waals surface area contributed by atoms with E-state index in [-0.39, 0.29) is 11.5 Å². The van der Waals surface area contributed by atoms with Crippen LogP contribution in [0.1, 0.15) is 24.0 Å². The summed E-state index contributed by atoms with van der Waals surface area (Å²) in [5.41, 5.74) is 1.31. The number of ether oxygens (including phenoxy) is 1. The molecule has 6 heteroatoms. The molecule has 116 valence electrons. The third-order valence-corrected chi connectivity index (χ3v) is 4.31. The Morgan fingerprint density at radius 1 is 1.33 bits per heavy atom. The van der Waals surface area contributed by atoms with Crippen molar-refractivity contribution in [3.05, 3.63) is 29.3 Å². The van der Waals surface area contributed by atoms with Gasteiger partial charge >= 0.3 is 0 Å². The van der Waals surface area contributed by atoms with Crippen molar-refractivity contribution < 1.29 is 18.3 Å². The highest BCUT2D eigenvalue weighted by Gasteiger charge is 2.17. The number of aryl methyl sites for hydroxylation is 1. The number of unbranched alkanes of at least 4 members (excludes halogenated alkanes) is 1. The van der Waals surface area contributed by atoms with Crippen molar-refractivity contribution in [3.8, 4) is 11.8 Å². The van der Waals surface area contributed by atoms with Crippen LogP contribution in [0.5, 0.6) is 0 Å². The molecule has 0 radical (unpaired) electrons. The van der Waals surface area contributed by atoms with Gasteiger partial charge in [-0.3, -0.25) is 0 Å². The molecule has 0 saturated heterocycles. The first-order chi connectivity index (χ1) is 10.0. The molecular weight excluding hydrogens is 290 g/mol. The molecule has 1 aromatic rings. The highest BCUT2D eigenvalue weighted by Crippen LogP contribution is 2.16. The predicted molar refractivity (Wildman–Crippen MR) is 81.4 cm³/mol. The molecule has 0 aliphatic rings. The zero-order valence-corrected chi connectivity index (χ0v) is 13.2. The highest BCUT2D eigenvalue weighted by molar-refractivity contribution is 7.89. The van der Waals surface area contributed by atoms with E-state index < -0.39 is 10.0 Å². The number of nitrogens with one attached hydrogen (secondary N) is 1. The van der Waals surface area contributed by atoms with Gasteiger partial charge in [-0.1, -0.05) is 17.9 Å². The van der Waals surface area contributed by atoms with Crippen LogP contribution in [0.25, 0.3) is 0 Å². The molecule has 1 rings (SSSR count). The maximum absolute atomic E-state index is 12.3. The van der Waals surface area contributed by atoms with E-state index in [9.17, 15) is 8.42 Å². The first kappa shape index (κ1) is 17.7. The van der Waals surface area contributed by atoms with E-state index in [1.165, 1.54) is 6.07 Å². The summed E-state index contributed by atoms with van der Waals surface area (Å²) in [5, 5.41) is 8.76. The summed E-state index contributed by atoms with van der Waals surface area (Å²) < 4.78 is 32.0. The first-order valence-corrected chi connectivity index (χ1v) is 8.18. The Kier molecular flexibility index (Phi) is 7.40. The number of rotatable bonds is 7. The van der Waals surface area contributed by atoms with Crippen molar-refractivity contribution in [1.29, 1.82) is 0 Å². The van der Waals surface area contributed by atoms with Crippen molar-refractivity contribution in [2.75, 3.05) is 26.9 Å². The molecule has 2 N–H and O–H groups in total. The lowest BCUT2D eigenvalue weighted by atomic mass is 10.1. The molecule has 0 aliphatic heterocycles. The van der Waals surface area contributed by atoms with Gasteiger partial charge in [0.2, 0.25) is 10.0 Å². The highest BCUT2D eigenvalue weighted by atomic mass is 32.2. The maximum Gasteiger partial charge on any atom is 0.241 e. The monoisotopic (exact) mass is 311 g/mol. The van der Waals surface area contributed by atoms with Gasteiger partial charge in [0.1, 0.15) is 6.61 Å². The number of sulfonamides is 1. The number of aliphatic hydroxyl groups is 1. The maximum atomic E-state index is 12.3. The van der Waals surface area contributed by atoms with Crippen LogP contribution in [0.4, 0.5) is 0 Å². The smallest absolute Gasteiger partial charge is 0.241 e. The van der Waals surface area contributed by atoms with Gasteiger partial charge in [-0.15, -0.1) is 0 Å². The van der Waals surface area contributed by atoms with E-state index in [0.717, 1.165) is 12.0 Å². The van der Waals surface area contributed by atoms with Crippen LogP contribution in [0.3, 0.4) is 0 Å².